The lowest BCUT2D eigenvalue weighted by Gasteiger charge is -2.18. The second-order valence-corrected chi connectivity index (χ2v) is 2.85. The van der Waals surface area contributed by atoms with E-state index in [1.165, 1.54) is 18.1 Å². The molecule has 0 fully saturated rings. The molecule has 0 saturated carbocycles. The summed E-state index contributed by atoms with van der Waals surface area (Å²) in [6, 6.07) is 0. The molecule has 0 unspecified atom stereocenters. The molecule has 0 aromatic carbocycles. The maximum Gasteiger partial charge on any atom is 0.276 e. The highest BCUT2D eigenvalue weighted by atomic mass is 16.2. The van der Waals surface area contributed by atoms with E-state index in [2.05, 4.69) is 20.7 Å². The predicted molar refractivity (Wildman–Crippen MR) is 52.0 cm³/mol. The van der Waals surface area contributed by atoms with E-state index in [4.69, 9.17) is 0 Å². The molecule has 0 atom stereocenters. The fraction of sp³-hybridized carbons (Fsp3) is 0.500. The summed E-state index contributed by atoms with van der Waals surface area (Å²) < 4.78 is 0. The largest absolute Gasteiger partial charge is 0.358 e. The Morgan fingerprint density at radius 2 is 2.33 bits per heavy atom. The van der Waals surface area contributed by atoms with Crippen LogP contribution in [0.4, 0.5) is 0 Å². The number of hydrogen-bond donors (Lipinski definition) is 2. The first-order chi connectivity index (χ1) is 7.19. The van der Waals surface area contributed by atoms with Crippen LogP contribution in [0.5, 0.6) is 0 Å². The van der Waals surface area contributed by atoms with Crippen molar-refractivity contribution in [3.05, 3.63) is 11.9 Å². The van der Waals surface area contributed by atoms with Gasteiger partial charge in [0.1, 0.15) is 0 Å². The molecular formula is C8H13N5O2. The normalized spacial score (nSPS) is 9.73. The number of amides is 2. The number of nitrogens with one attached hydrogen (secondary N) is 2. The van der Waals surface area contributed by atoms with E-state index < -0.39 is 0 Å². The monoisotopic (exact) mass is 211 g/mol. The topological polar surface area (TPSA) is 91.0 Å². The van der Waals surface area contributed by atoms with Crippen molar-refractivity contribution in [1.82, 2.24) is 25.6 Å². The van der Waals surface area contributed by atoms with E-state index in [-0.39, 0.29) is 24.1 Å². The molecule has 1 aromatic rings. The summed E-state index contributed by atoms with van der Waals surface area (Å²) >= 11 is 0. The number of aromatic nitrogens is 3. The van der Waals surface area contributed by atoms with Gasteiger partial charge in [0.05, 0.1) is 12.7 Å². The molecule has 0 bridgehead atoms. The van der Waals surface area contributed by atoms with E-state index in [1.54, 1.807) is 6.92 Å². The van der Waals surface area contributed by atoms with Gasteiger partial charge in [0, 0.05) is 13.6 Å². The highest BCUT2D eigenvalue weighted by Crippen LogP contribution is 1.98. The number of likely N-dealkylation sites (N-methyl/N-ethyl adjacent to an activating group) is 2. The summed E-state index contributed by atoms with van der Waals surface area (Å²) in [6.45, 7) is 2.26. The third kappa shape index (κ3) is 2.76. The lowest BCUT2D eigenvalue weighted by atomic mass is 10.3. The van der Waals surface area contributed by atoms with Gasteiger partial charge in [0.25, 0.3) is 5.91 Å². The quantitative estimate of drug-likeness (QED) is 0.669. The van der Waals surface area contributed by atoms with Crippen LogP contribution in [0, 0.1) is 0 Å². The van der Waals surface area contributed by atoms with Gasteiger partial charge in [-0.1, -0.05) is 0 Å². The number of carbonyl (C=O) groups excluding carboxylic acids is 2. The molecule has 0 aliphatic carbocycles. The highest BCUT2D eigenvalue weighted by Gasteiger charge is 2.18. The van der Waals surface area contributed by atoms with Gasteiger partial charge < -0.3 is 10.2 Å². The van der Waals surface area contributed by atoms with Crippen LogP contribution in [0.25, 0.3) is 0 Å². The maximum absolute atomic E-state index is 11.7. The van der Waals surface area contributed by atoms with Crippen molar-refractivity contribution in [1.29, 1.82) is 0 Å². The number of nitrogens with zero attached hydrogens (tertiary/aromatic N) is 3. The summed E-state index contributed by atoms with van der Waals surface area (Å²) in [7, 11) is 1.52. The second kappa shape index (κ2) is 5.08. The van der Waals surface area contributed by atoms with Gasteiger partial charge in [0.2, 0.25) is 5.91 Å². The molecule has 0 aliphatic rings. The average Bonchev–Trinajstić information content (AvgIpc) is 2.77. The van der Waals surface area contributed by atoms with Gasteiger partial charge in [0.15, 0.2) is 5.69 Å². The van der Waals surface area contributed by atoms with Crippen LogP contribution in [0.3, 0.4) is 0 Å². The molecule has 7 heteroatoms. The SMILES string of the molecule is CCN(CC(=O)NC)C(=O)c1cn[nH]n1. The molecule has 0 saturated heterocycles. The van der Waals surface area contributed by atoms with Crippen molar-refractivity contribution in [3.8, 4) is 0 Å². The van der Waals surface area contributed by atoms with E-state index in [0.717, 1.165) is 0 Å². The number of carbonyl (C=O) groups is 2. The molecule has 1 heterocycles. The van der Waals surface area contributed by atoms with Gasteiger partial charge in [-0.3, -0.25) is 9.59 Å². The lowest BCUT2D eigenvalue weighted by molar-refractivity contribution is -0.121. The molecule has 2 amide bonds. The smallest absolute Gasteiger partial charge is 0.276 e. The zero-order valence-corrected chi connectivity index (χ0v) is 8.65. The number of H-pyrrole nitrogens is 1. The van der Waals surface area contributed by atoms with Crippen molar-refractivity contribution in [3.63, 3.8) is 0 Å². The summed E-state index contributed by atoms with van der Waals surface area (Å²) in [5.41, 5.74) is 0.209. The number of aromatic amines is 1. The Hall–Kier alpha value is -1.92. The maximum atomic E-state index is 11.7. The molecule has 0 aliphatic heterocycles. The molecule has 1 aromatic heterocycles. The summed E-state index contributed by atoms with van der Waals surface area (Å²) in [5.74, 6) is -0.524. The van der Waals surface area contributed by atoms with Crippen LogP contribution in [0.1, 0.15) is 17.4 Å². The highest BCUT2D eigenvalue weighted by molar-refractivity contribution is 5.94. The van der Waals surface area contributed by atoms with E-state index in [1.807, 2.05) is 0 Å². The number of hydrogen-bond acceptors (Lipinski definition) is 4. The van der Waals surface area contributed by atoms with Crippen molar-refractivity contribution in [2.45, 2.75) is 6.92 Å². The minimum Gasteiger partial charge on any atom is -0.358 e. The van der Waals surface area contributed by atoms with E-state index in [9.17, 15) is 9.59 Å². The molecule has 1 rings (SSSR count). The zero-order valence-electron chi connectivity index (χ0n) is 8.65. The van der Waals surface area contributed by atoms with E-state index in [0.29, 0.717) is 6.54 Å². The van der Waals surface area contributed by atoms with Crippen LogP contribution < -0.4 is 5.32 Å². The summed E-state index contributed by atoms with van der Waals surface area (Å²) in [5, 5.41) is 12.0. The lowest BCUT2D eigenvalue weighted by Crippen LogP contribution is -2.39. The van der Waals surface area contributed by atoms with Crippen LogP contribution >= 0.6 is 0 Å². The van der Waals surface area contributed by atoms with Crippen molar-refractivity contribution in [2.24, 2.45) is 0 Å². The Kier molecular flexibility index (Phi) is 3.78. The Morgan fingerprint density at radius 3 is 2.80 bits per heavy atom. The standard InChI is InChI=1S/C8H13N5O2/c1-3-13(5-7(14)9-2)8(15)6-4-10-12-11-6/h4H,3,5H2,1-2H3,(H,9,14)(H,10,11,12). The molecule has 7 nitrogen and oxygen atoms in total. The summed E-state index contributed by atoms with van der Waals surface area (Å²) in [6.07, 6.45) is 1.33. The zero-order chi connectivity index (χ0) is 11.3. The summed E-state index contributed by atoms with van der Waals surface area (Å²) in [4.78, 5) is 24.2. The Morgan fingerprint density at radius 1 is 1.60 bits per heavy atom. The number of rotatable bonds is 4. The molecule has 15 heavy (non-hydrogen) atoms. The first kappa shape index (κ1) is 11.2. The average molecular weight is 211 g/mol. The van der Waals surface area contributed by atoms with Crippen LogP contribution in [-0.4, -0.2) is 52.3 Å². The molecule has 0 spiro atoms. The molecule has 0 radical (unpaired) electrons. The van der Waals surface area contributed by atoms with Crippen molar-refractivity contribution in [2.75, 3.05) is 20.1 Å². The van der Waals surface area contributed by atoms with Crippen LogP contribution in [0.2, 0.25) is 0 Å². The molecule has 2 N–H and O–H groups in total. The van der Waals surface area contributed by atoms with Gasteiger partial charge in [-0.15, -0.1) is 0 Å². The fourth-order valence-electron chi connectivity index (χ4n) is 1.05. The molecular weight excluding hydrogens is 198 g/mol. The van der Waals surface area contributed by atoms with Crippen molar-refractivity contribution >= 4 is 11.8 Å². The van der Waals surface area contributed by atoms with Crippen LogP contribution in [0.15, 0.2) is 6.20 Å². The van der Waals surface area contributed by atoms with Gasteiger partial charge in [-0.25, -0.2) is 0 Å². The van der Waals surface area contributed by atoms with Crippen LogP contribution in [-0.2, 0) is 4.79 Å². The first-order valence-electron chi connectivity index (χ1n) is 4.54. The minimum absolute atomic E-state index is 0.0265. The first-order valence-corrected chi connectivity index (χ1v) is 4.54. The van der Waals surface area contributed by atoms with Gasteiger partial charge >= 0.3 is 0 Å². The van der Waals surface area contributed by atoms with E-state index >= 15 is 0 Å². The Balaban J connectivity index is 2.67. The fourth-order valence-corrected chi connectivity index (χ4v) is 1.05. The Bertz CT molecular complexity index is 335. The predicted octanol–water partition coefficient (Wildman–Crippen LogP) is -0.987. The Labute approximate surface area is 86.8 Å². The van der Waals surface area contributed by atoms with Gasteiger partial charge in [-0.05, 0) is 6.92 Å². The molecule has 82 valence electrons. The van der Waals surface area contributed by atoms with Crippen molar-refractivity contribution < 1.29 is 9.59 Å². The minimum atomic E-state index is -0.310. The second-order valence-electron chi connectivity index (χ2n) is 2.85. The van der Waals surface area contributed by atoms with Gasteiger partial charge in [-0.2, -0.15) is 15.4 Å². The third-order valence-electron chi connectivity index (χ3n) is 1.92. The third-order valence-corrected chi connectivity index (χ3v) is 1.92.